The fourth-order valence-electron chi connectivity index (χ4n) is 2.07. The van der Waals surface area contributed by atoms with Crippen LogP contribution in [0.1, 0.15) is 5.56 Å². The van der Waals surface area contributed by atoms with Gasteiger partial charge in [-0.2, -0.15) is 5.26 Å². The molecular weight excluding hydrogens is 546 g/mol. The third kappa shape index (κ3) is 5.09. The predicted molar refractivity (Wildman–Crippen MR) is 114 cm³/mol. The molecule has 0 aliphatic rings. The smallest absolute Gasteiger partial charge is 0.266 e. The lowest BCUT2D eigenvalue weighted by Crippen LogP contribution is -2.13. The number of nitriles is 1. The maximum atomic E-state index is 12.3. The van der Waals surface area contributed by atoms with Gasteiger partial charge in [-0.05, 0) is 93.2 Å². The van der Waals surface area contributed by atoms with E-state index in [0.717, 1.165) is 7.14 Å². The Morgan fingerprint density at radius 1 is 1.16 bits per heavy atom. The zero-order valence-corrected chi connectivity index (χ0v) is 17.8. The largest absolute Gasteiger partial charge is 0.493 e. The van der Waals surface area contributed by atoms with Crippen molar-refractivity contribution in [3.05, 3.63) is 54.7 Å². The predicted octanol–water partition coefficient (Wildman–Crippen LogP) is 4.46. The number of anilines is 1. The molecule has 2 aromatic rings. The number of nitrogens with one attached hydrogen (secondary N) is 1. The number of hydrogen-bond acceptors (Lipinski definition) is 4. The number of nitrogens with zero attached hydrogens (tertiary/aromatic N) is 1. The van der Waals surface area contributed by atoms with E-state index in [0.29, 0.717) is 22.7 Å². The van der Waals surface area contributed by atoms with Crippen LogP contribution in [-0.4, -0.2) is 20.1 Å². The van der Waals surface area contributed by atoms with Gasteiger partial charge in [-0.15, -0.1) is 0 Å². The van der Waals surface area contributed by atoms with Crippen LogP contribution in [0.3, 0.4) is 0 Å². The summed E-state index contributed by atoms with van der Waals surface area (Å²) < 4.78 is 12.5. The lowest BCUT2D eigenvalue weighted by atomic mass is 10.1. The average Bonchev–Trinajstić information content (AvgIpc) is 2.60. The van der Waals surface area contributed by atoms with E-state index in [1.54, 1.807) is 25.3 Å². The molecule has 0 atom stereocenters. The molecule has 0 saturated carbocycles. The molecule has 2 aromatic carbocycles. The number of rotatable bonds is 5. The van der Waals surface area contributed by atoms with Crippen molar-refractivity contribution in [3.63, 3.8) is 0 Å². The van der Waals surface area contributed by atoms with E-state index < -0.39 is 5.91 Å². The Balaban J connectivity index is 2.30. The molecule has 1 amide bonds. The van der Waals surface area contributed by atoms with Crippen molar-refractivity contribution in [1.82, 2.24) is 0 Å². The standard InChI is InChI=1S/C18H14I2N2O3/c1-24-16-9-11(8-15(20)17(16)25-2)7-12(10-21)18(23)22-14-5-3-13(19)4-6-14/h3-9H,1-2H3,(H,22,23)/b12-7-. The lowest BCUT2D eigenvalue weighted by Gasteiger charge is -2.11. The Labute approximate surface area is 173 Å². The van der Waals surface area contributed by atoms with Gasteiger partial charge in [0.25, 0.3) is 5.91 Å². The van der Waals surface area contributed by atoms with Crippen molar-refractivity contribution in [2.75, 3.05) is 19.5 Å². The summed E-state index contributed by atoms with van der Waals surface area (Å²) in [6, 6.07) is 12.8. The highest BCUT2D eigenvalue weighted by atomic mass is 127. The average molecular weight is 560 g/mol. The Hall–Kier alpha value is -1.80. The van der Waals surface area contributed by atoms with Crippen LogP contribution in [0.2, 0.25) is 0 Å². The second kappa shape index (κ2) is 9.05. The van der Waals surface area contributed by atoms with Crippen molar-refractivity contribution in [1.29, 1.82) is 5.26 Å². The van der Waals surface area contributed by atoms with E-state index in [1.165, 1.54) is 13.2 Å². The van der Waals surface area contributed by atoms with Gasteiger partial charge in [0.05, 0.1) is 17.8 Å². The Bertz CT molecular complexity index is 856. The zero-order valence-electron chi connectivity index (χ0n) is 13.5. The highest BCUT2D eigenvalue weighted by Crippen LogP contribution is 2.34. The fraction of sp³-hybridized carbons (Fsp3) is 0.111. The Morgan fingerprint density at radius 3 is 2.40 bits per heavy atom. The first-order valence-electron chi connectivity index (χ1n) is 7.08. The van der Waals surface area contributed by atoms with E-state index in [2.05, 4.69) is 50.5 Å². The van der Waals surface area contributed by atoms with E-state index in [1.807, 2.05) is 24.3 Å². The molecule has 5 nitrogen and oxygen atoms in total. The second-order valence-corrected chi connectivity index (χ2v) is 7.28. The van der Waals surface area contributed by atoms with Crippen LogP contribution < -0.4 is 14.8 Å². The molecule has 7 heteroatoms. The fourth-order valence-corrected chi connectivity index (χ4v) is 3.27. The van der Waals surface area contributed by atoms with Crippen LogP contribution in [-0.2, 0) is 4.79 Å². The summed E-state index contributed by atoms with van der Waals surface area (Å²) in [7, 11) is 3.10. The molecule has 0 aliphatic carbocycles. The van der Waals surface area contributed by atoms with Gasteiger partial charge in [-0.25, -0.2) is 0 Å². The molecule has 0 bridgehead atoms. The van der Waals surface area contributed by atoms with E-state index >= 15 is 0 Å². The highest BCUT2D eigenvalue weighted by molar-refractivity contribution is 14.1. The van der Waals surface area contributed by atoms with Crippen molar-refractivity contribution >= 4 is 62.9 Å². The zero-order chi connectivity index (χ0) is 18.4. The molecule has 0 aliphatic heterocycles. The van der Waals surface area contributed by atoms with Gasteiger partial charge in [0, 0.05) is 9.26 Å². The van der Waals surface area contributed by atoms with E-state index in [-0.39, 0.29) is 5.57 Å². The van der Waals surface area contributed by atoms with Gasteiger partial charge in [-0.1, -0.05) is 0 Å². The van der Waals surface area contributed by atoms with Crippen LogP contribution >= 0.6 is 45.2 Å². The number of hydrogen-bond donors (Lipinski definition) is 1. The maximum Gasteiger partial charge on any atom is 0.266 e. The van der Waals surface area contributed by atoms with Crippen LogP contribution in [0.4, 0.5) is 5.69 Å². The summed E-state index contributed by atoms with van der Waals surface area (Å²) in [6.45, 7) is 0. The SMILES string of the molecule is COc1cc(/C=C(/C#N)C(=O)Nc2ccc(I)cc2)cc(I)c1OC. The Morgan fingerprint density at radius 2 is 1.84 bits per heavy atom. The van der Waals surface area contributed by atoms with Crippen LogP contribution in [0.5, 0.6) is 11.5 Å². The normalized spacial score (nSPS) is 10.8. The van der Waals surface area contributed by atoms with E-state index in [9.17, 15) is 10.1 Å². The molecular formula is C18H14I2N2O3. The summed E-state index contributed by atoms with van der Waals surface area (Å²) in [4.78, 5) is 12.3. The minimum atomic E-state index is -0.464. The summed E-state index contributed by atoms with van der Waals surface area (Å²) >= 11 is 4.30. The number of carbonyl (C=O) groups is 1. The lowest BCUT2D eigenvalue weighted by molar-refractivity contribution is -0.112. The molecule has 0 aromatic heterocycles. The minimum absolute atomic E-state index is 0.00145. The Kier molecular flexibility index (Phi) is 7.07. The quantitative estimate of drug-likeness (QED) is 0.334. The number of carbonyl (C=O) groups excluding carboxylic acids is 1. The first kappa shape index (κ1) is 19.5. The first-order valence-corrected chi connectivity index (χ1v) is 9.24. The summed E-state index contributed by atoms with van der Waals surface area (Å²) in [5, 5.41) is 12.1. The van der Waals surface area contributed by atoms with Crippen LogP contribution in [0, 0.1) is 18.5 Å². The molecule has 1 N–H and O–H groups in total. The van der Waals surface area contributed by atoms with Crippen molar-refractivity contribution in [2.24, 2.45) is 0 Å². The molecule has 25 heavy (non-hydrogen) atoms. The first-order chi connectivity index (χ1) is 12.0. The molecule has 0 heterocycles. The van der Waals surface area contributed by atoms with Gasteiger partial charge >= 0.3 is 0 Å². The minimum Gasteiger partial charge on any atom is -0.493 e. The van der Waals surface area contributed by atoms with Crippen LogP contribution in [0.25, 0.3) is 6.08 Å². The molecule has 0 spiro atoms. The van der Waals surface area contributed by atoms with E-state index in [4.69, 9.17) is 9.47 Å². The van der Waals surface area contributed by atoms with Gasteiger partial charge in [0.2, 0.25) is 0 Å². The van der Waals surface area contributed by atoms with Gasteiger partial charge in [0.15, 0.2) is 11.5 Å². The van der Waals surface area contributed by atoms with Crippen molar-refractivity contribution in [2.45, 2.75) is 0 Å². The van der Waals surface area contributed by atoms with Crippen molar-refractivity contribution in [3.8, 4) is 17.6 Å². The summed E-state index contributed by atoms with van der Waals surface area (Å²) in [5.74, 6) is 0.687. The molecule has 0 saturated heterocycles. The maximum absolute atomic E-state index is 12.3. The third-order valence-corrected chi connectivity index (χ3v) is 4.75. The number of amides is 1. The molecule has 0 radical (unpaired) electrons. The summed E-state index contributed by atoms with van der Waals surface area (Å²) in [5.41, 5.74) is 1.31. The van der Waals surface area contributed by atoms with Gasteiger partial charge in [0.1, 0.15) is 11.6 Å². The highest BCUT2D eigenvalue weighted by Gasteiger charge is 2.13. The number of ether oxygens (including phenoxy) is 2. The monoisotopic (exact) mass is 560 g/mol. The molecule has 2 rings (SSSR count). The molecule has 0 fully saturated rings. The van der Waals surface area contributed by atoms with Gasteiger partial charge in [-0.3, -0.25) is 4.79 Å². The second-order valence-electron chi connectivity index (χ2n) is 4.87. The number of halogens is 2. The third-order valence-electron chi connectivity index (χ3n) is 3.23. The van der Waals surface area contributed by atoms with Gasteiger partial charge < -0.3 is 14.8 Å². The molecule has 128 valence electrons. The number of methoxy groups -OCH3 is 2. The number of benzene rings is 2. The van der Waals surface area contributed by atoms with Crippen LogP contribution in [0.15, 0.2) is 42.0 Å². The topological polar surface area (TPSA) is 71.3 Å². The summed E-state index contributed by atoms with van der Waals surface area (Å²) in [6.07, 6.45) is 1.52. The molecule has 0 unspecified atom stereocenters. The van der Waals surface area contributed by atoms with Crippen molar-refractivity contribution < 1.29 is 14.3 Å².